The van der Waals surface area contributed by atoms with Crippen LogP contribution in [0.5, 0.6) is 0 Å². The normalized spacial score (nSPS) is 12.0. The average Bonchev–Trinajstić information content (AvgIpc) is 4.05. The number of rotatable bonds is 5. The number of para-hydroxylation sites is 1. The maximum Gasteiger partial charge on any atom is 0.164 e. The van der Waals surface area contributed by atoms with Crippen LogP contribution in [0, 0.1) is 0 Å². The molecule has 0 atom stereocenters. The summed E-state index contributed by atoms with van der Waals surface area (Å²) in [6, 6.07) is 73.3. The standard InChI is InChI=1S/C59H34N4OS/c1-2-12-35(13-3-1)36-22-24-38(25-23-36)57-60-58(41-27-29-54-48(31-41)44-18-9-11-21-53(44)65-54)62-59(61-57)49-33-42(34-52-55(49)46-19-8-10-20-51(46)64-52)63-50-32-40-16-5-4-15-39(40)30-47(50)45-28-26-37-14-6-7-17-43(37)56(45)63/h1-34H. The Hall–Kier alpha value is -8.45. The maximum absolute atomic E-state index is 6.82. The van der Waals surface area contributed by atoms with Gasteiger partial charge < -0.3 is 8.98 Å². The van der Waals surface area contributed by atoms with Crippen molar-refractivity contribution in [2.45, 2.75) is 0 Å². The second kappa shape index (κ2) is 14.0. The predicted octanol–water partition coefficient (Wildman–Crippen LogP) is 16.2. The summed E-state index contributed by atoms with van der Waals surface area (Å²) < 4.78 is 11.7. The molecule has 0 saturated carbocycles. The minimum absolute atomic E-state index is 0.571. The molecular formula is C59H34N4OS. The molecule has 0 aliphatic carbocycles. The number of aromatic nitrogens is 4. The third-order valence-corrected chi connectivity index (χ3v) is 14.2. The van der Waals surface area contributed by atoms with E-state index in [-0.39, 0.29) is 0 Å². The zero-order valence-corrected chi connectivity index (χ0v) is 35.6. The molecular weight excluding hydrogens is 813 g/mol. The molecule has 0 aliphatic rings. The van der Waals surface area contributed by atoms with Crippen molar-refractivity contribution in [2.24, 2.45) is 0 Å². The second-order valence-corrected chi connectivity index (χ2v) is 17.8. The summed E-state index contributed by atoms with van der Waals surface area (Å²) in [5, 5.41) is 11.5. The summed E-state index contributed by atoms with van der Waals surface area (Å²) in [5.41, 5.74) is 9.76. The van der Waals surface area contributed by atoms with E-state index >= 15 is 0 Å². The van der Waals surface area contributed by atoms with Crippen LogP contribution in [0.4, 0.5) is 0 Å². The average molecular weight is 847 g/mol. The first-order valence-electron chi connectivity index (χ1n) is 21.8. The van der Waals surface area contributed by atoms with E-state index in [0.29, 0.717) is 17.5 Å². The lowest BCUT2D eigenvalue weighted by Crippen LogP contribution is -2.02. The molecule has 0 N–H and O–H groups in total. The van der Waals surface area contributed by atoms with E-state index in [2.05, 4.69) is 193 Å². The smallest absolute Gasteiger partial charge is 0.164 e. The zero-order chi connectivity index (χ0) is 42.6. The SMILES string of the molecule is c1ccc(-c2ccc(-c3nc(-c4ccc5sc6ccccc6c5c4)nc(-c4cc(-n5c6cc7ccccc7cc6c6ccc7ccccc7c65)cc5oc6ccccc6c45)n3)cc2)cc1. The first-order valence-corrected chi connectivity index (χ1v) is 22.6. The van der Waals surface area contributed by atoms with Crippen molar-refractivity contribution in [3.05, 3.63) is 206 Å². The fourth-order valence-electron chi connectivity index (χ4n) is 9.94. The summed E-state index contributed by atoms with van der Waals surface area (Å²) in [5.74, 6) is 1.78. The molecule has 14 rings (SSSR count). The minimum Gasteiger partial charge on any atom is -0.456 e. The Morgan fingerprint density at radius 2 is 1.00 bits per heavy atom. The third kappa shape index (κ3) is 5.67. The molecule has 0 radical (unpaired) electrons. The molecule has 0 bridgehead atoms. The Morgan fingerprint density at radius 1 is 0.369 bits per heavy atom. The van der Waals surface area contributed by atoms with E-state index in [9.17, 15) is 0 Å². The van der Waals surface area contributed by atoms with E-state index in [0.717, 1.165) is 66.5 Å². The molecule has 0 unspecified atom stereocenters. The summed E-state index contributed by atoms with van der Waals surface area (Å²) in [6.45, 7) is 0. The molecule has 0 fully saturated rings. The molecule has 6 heteroatoms. The molecule has 4 aromatic heterocycles. The van der Waals surface area contributed by atoms with Crippen LogP contribution in [0.1, 0.15) is 0 Å². The van der Waals surface area contributed by atoms with Gasteiger partial charge in [-0.2, -0.15) is 0 Å². The number of hydrogen-bond donors (Lipinski definition) is 0. The van der Waals surface area contributed by atoms with E-state index in [1.54, 1.807) is 11.3 Å². The van der Waals surface area contributed by atoms with Gasteiger partial charge in [0.2, 0.25) is 0 Å². The highest BCUT2D eigenvalue weighted by Gasteiger charge is 2.23. The highest BCUT2D eigenvalue weighted by Crippen LogP contribution is 2.44. The number of fused-ring (bicyclic) bond motifs is 12. The van der Waals surface area contributed by atoms with Gasteiger partial charge in [0.05, 0.1) is 16.7 Å². The van der Waals surface area contributed by atoms with Crippen molar-refractivity contribution in [1.82, 2.24) is 19.5 Å². The maximum atomic E-state index is 6.82. The highest BCUT2D eigenvalue weighted by atomic mass is 32.1. The van der Waals surface area contributed by atoms with E-state index in [4.69, 9.17) is 19.4 Å². The van der Waals surface area contributed by atoms with Crippen molar-refractivity contribution in [3.8, 4) is 51.0 Å². The van der Waals surface area contributed by atoms with Crippen LogP contribution in [0.3, 0.4) is 0 Å². The van der Waals surface area contributed by atoms with Gasteiger partial charge in [-0.25, -0.2) is 15.0 Å². The number of furan rings is 1. The van der Waals surface area contributed by atoms with Gasteiger partial charge in [0.1, 0.15) is 11.2 Å². The molecule has 0 amide bonds. The first kappa shape index (κ1) is 36.1. The largest absolute Gasteiger partial charge is 0.456 e. The third-order valence-electron chi connectivity index (χ3n) is 13.0. The number of benzene rings is 10. The quantitative estimate of drug-likeness (QED) is 0.173. The summed E-state index contributed by atoms with van der Waals surface area (Å²) in [4.78, 5) is 16.1. The number of hydrogen-bond acceptors (Lipinski definition) is 5. The van der Waals surface area contributed by atoms with E-state index < -0.39 is 0 Å². The topological polar surface area (TPSA) is 56.7 Å². The monoisotopic (exact) mass is 846 g/mol. The van der Waals surface area contributed by atoms with Crippen LogP contribution >= 0.6 is 11.3 Å². The lowest BCUT2D eigenvalue weighted by atomic mass is 10.0. The van der Waals surface area contributed by atoms with Crippen molar-refractivity contribution < 1.29 is 4.42 Å². The second-order valence-electron chi connectivity index (χ2n) is 16.8. The molecule has 302 valence electrons. The van der Waals surface area contributed by atoms with Gasteiger partial charge in [0, 0.05) is 69.9 Å². The Kier molecular flexibility index (Phi) is 7.79. The van der Waals surface area contributed by atoms with E-state index in [1.165, 1.54) is 52.5 Å². The Labute approximate surface area is 376 Å². The Morgan fingerprint density at radius 3 is 1.85 bits per heavy atom. The molecule has 4 heterocycles. The van der Waals surface area contributed by atoms with Gasteiger partial charge >= 0.3 is 0 Å². The van der Waals surface area contributed by atoms with Gasteiger partial charge in [-0.3, -0.25) is 0 Å². The minimum atomic E-state index is 0.571. The van der Waals surface area contributed by atoms with Crippen LogP contribution in [0.25, 0.3) is 136 Å². The molecule has 0 aliphatic heterocycles. The van der Waals surface area contributed by atoms with Gasteiger partial charge in [0.25, 0.3) is 0 Å². The fraction of sp³-hybridized carbons (Fsp3) is 0. The van der Waals surface area contributed by atoms with Crippen molar-refractivity contribution >= 4 is 96.8 Å². The fourth-order valence-corrected chi connectivity index (χ4v) is 11.0. The molecule has 65 heavy (non-hydrogen) atoms. The van der Waals surface area contributed by atoms with Crippen LogP contribution in [0.15, 0.2) is 211 Å². The molecule has 10 aromatic carbocycles. The summed E-state index contributed by atoms with van der Waals surface area (Å²) >= 11 is 1.81. The molecule has 0 saturated heterocycles. The van der Waals surface area contributed by atoms with Gasteiger partial charge in [-0.1, -0.05) is 152 Å². The Balaban J connectivity index is 1.07. The zero-order valence-electron chi connectivity index (χ0n) is 34.7. The van der Waals surface area contributed by atoms with Crippen LogP contribution in [0.2, 0.25) is 0 Å². The molecule has 5 nitrogen and oxygen atoms in total. The Bertz CT molecular complexity index is 4240. The van der Waals surface area contributed by atoms with Gasteiger partial charge in [0.15, 0.2) is 17.5 Å². The van der Waals surface area contributed by atoms with Crippen molar-refractivity contribution in [3.63, 3.8) is 0 Å². The van der Waals surface area contributed by atoms with Crippen molar-refractivity contribution in [1.29, 1.82) is 0 Å². The number of thiophene rings is 1. The highest BCUT2D eigenvalue weighted by molar-refractivity contribution is 7.25. The first-order chi connectivity index (χ1) is 32.2. The number of nitrogens with zero attached hydrogens (tertiary/aromatic N) is 4. The molecule has 0 spiro atoms. The van der Waals surface area contributed by atoms with E-state index in [1.807, 2.05) is 18.2 Å². The van der Waals surface area contributed by atoms with Crippen LogP contribution in [-0.2, 0) is 0 Å². The van der Waals surface area contributed by atoms with Gasteiger partial charge in [-0.15, -0.1) is 11.3 Å². The van der Waals surface area contributed by atoms with Crippen molar-refractivity contribution in [2.75, 3.05) is 0 Å². The molecule has 14 aromatic rings. The van der Waals surface area contributed by atoms with Crippen LogP contribution < -0.4 is 0 Å². The predicted molar refractivity (Wildman–Crippen MR) is 271 cm³/mol. The lowest BCUT2D eigenvalue weighted by molar-refractivity contribution is 0.668. The summed E-state index contributed by atoms with van der Waals surface area (Å²) in [6.07, 6.45) is 0. The van der Waals surface area contributed by atoms with Crippen LogP contribution in [-0.4, -0.2) is 19.5 Å². The lowest BCUT2D eigenvalue weighted by Gasteiger charge is -2.14. The summed E-state index contributed by atoms with van der Waals surface area (Å²) in [7, 11) is 0. The van der Waals surface area contributed by atoms with Gasteiger partial charge in [-0.05, 0) is 75.8 Å².